The van der Waals surface area contributed by atoms with E-state index in [0.29, 0.717) is 0 Å². The highest BCUT2D eigenvalue weighted by Gasteiger charge is 2.37. The molecule has 19 heavy (non-hydrogen) atoms. The van der Waals surface area contributed by atoms with Crippen LogP contribution >= 0.6 is 0 Å². The average Bonchev–Trinajstić information content (AvgIpc) is 2.25. The molecular weight excluding hydrogens is 252 g/mol. The molecule has 4 heteroatoms. The lowest BCUT2D eigenvalue weighted by Crippen LogP contribution is -2.43. The monoisotopic (exact) mass is 280 g/mol. The third kappa shape index (κ3) is 4.95. The Morgan fingerprint density at radius 3 is 2.47 bits per heavy atom. The smallest absolute Gasteiger partial charge is 0.192 e. The highest BCUT2D eigenvalue weighted by Crippen LogP contribution is 2.36. The lowest BCUT2D eigenvalue weighted by Gasteiger charge is -2.37. The van der Waals surface area contributed by atoms with Crippen molar-refractivity contribution in [2.45, 2.75) is 58.8 Å². The van der Waals surface area contributed by atoms with E-state index in [1.807, 2.05) is 25.1 Å². The Kier molecular flexibility index (Phi) is 5.16. The van der Waals surface area contributed by atoms with Gasteiger partial charge in [0.05, 0.1) is 6.61 Å². The number of aromatic nitrogens is 1. The van der Waals surface area contributed by atoms with Crippen molar-refractivity contribution in [1.29, 1.82) is 0 Å². The van der Waals surface area contributed by atoms with E-state index in [-0.39, 0.29) is 11.1 Å². The molecule has 1 aromatic heterocycles. The average molecular weight is 280 g/mol. The van der Waals surface area contributed by atoms with Crippen LogP contribution in [0.1, 0.15) is 33.4 Å². The van der Waals surface area contributed by atoms with E-state index in [9.17, 15) is 0 Å². The van der Waals surface area contributed by atoms with Crippen LogP contribution in [-0.2, 0) is 4.43 Å². The number of anilines is 1. The summed E-state index contributed by atoms with van der Waals surface area (Å²) in [4.78, 5) is 4.45. The minimum atomic E-state index is -1.66. The van der Waals surface area contributed by atoms with Gasteiger partial charge in [-0.2, -0.15) is 0 Å². The molecule has 0 aromatic carbocycles. The van der Waals surface area contributed by atoms with E-state index in [4.69, 9.17) is 4.43 Å². The molecule has 1 rings (SSSR count). The zero-order valence-corrected chi connectivity index (χ0v) is 14.4. The van der Waals surface area contributed by atoms with Gasteiger partial charge in [0.1, 0.15) is 5.82 Å². The molecule has 0 spiro atoms. The summed E-state index contributed by atoms with van der Waals surface area (Å²) < 4.78 is 6.21. The summed E-state index contributed by atoms with van der Waals surface area (Å²) >= 11 is 0. The van der Waals surface area contributed by atoms with Crippen LogP contribution in [0.2, 0.25) is 18.1 Å². The number of aryl methyl sites for hydroxylation is 1. The molecule has 0 aliphatic heterocycles. The molecule has 0 radical (unpaired) electrons. The van der Waals surface area contributed by atoms with Gasteiger partial charge in [-0.25, -0.2) is 4.98 Å². The molecule has 1 atom stereocenters. The van der Waals surface area contributed by atoms with E-state index in [1.165, 1.54) is 0 Å². The molecule has 1 heterocycles. The molecule has 3 nitrogen and oxygen atoms in total. The first-order valence-electron chi connectivity index (χ1n) is 6.96. The molecular formula is C15H28N2OSi. The van der Waals surface area contributed by atoms with Crippen LogP contribution in [-0.4, -0.2) is 26.0 Å². The van der Waals surface area contributed by atoms with Crippen molar-refractivity contribution in [2.75, 3.05) is 11.9 Å². The van der Waals surface area contributed by atoms with Crippen molar-refractivity contribution in [3.8, 4) is 0 Å². The normalized spacial score (nSPS) is 14.3. The minimum absolute atomic E-state index is 0.258. The predicted molar refractivity (Wildman–Crippen MR) is 85.2 cm³/mol. The molecule has 0 aliphatic carbocycles. The van der Waals surface area contributed by atoms with Crippen molar-refractivity contribution < 1.29 is 4.43 Å². The van der Waals surface area contributed by atoms with Gasteiger partial charge >= 0.3 is 0 Å². The summed E-state index contributed by atoms with van der Waals surface area (Å²) in [6.45, 7) is 16.2. The Bertz CT molecular complexity index is 413. The Balaban J connectivity index is 2.51. The molecule has 0 bridgehead atoms. The largest absolute Gasteiger partial charge is 0.415 e. The molecule has 0 amide bonds. The zero-order chi connectivity index (χ0) is 14.7. The van der Waals surface area contributed by atoms with Gasteiger partial charge in [0, 0.05) is 11.7 Å². The maximum atomic E-state index is 6.21. The first-order valence-corrected chi connectivity index (χ1v) is 9.87. The summed E-state index contributed by atoms with van der Waals surface area (Å²) in [5, 5.41) is 3.65. The Labute approximate surface area is 118 Å². The Morgan fingerprint density at radius 1 is 1.32 bits per heavy atom. The lowest BCUT2D eigenvalue weighted by atomic mass is 10.2. The SMILES string of the molecule is Cc1cccc(N[C@@H](C)CO[Si](C)(C)C(C)(C)C)n1. The molecule has 108 valence electrons. The van der Waals surface area contributed by atoms with Gasteiger partial charge in [0.25, 0.3) is 0 Å². The topological polar surface area (TPSA) is 34.1 Å². The van der Waals surface area contributed by atoms with Crippen molar-refractivity contribution in [3.05, 3.63) is 23.9 Å². The van der Waals surface area contributed by atoms with E-state index < -0.39 is 8.32 Å². The van der Waals surface area contributed by atoms with Crippen molar-refractivity contribution >= 4 is 14.1 Å². The maximum absolute atomic E-state index is 6.21. The summed E-state index contributed by atoms with van der Waals surface area (Å²) in [5.41, 5.74) is 1.03. The summed E-state index contributed by atoms with van der Waals surface area (Å²) in [7, 11) is -1.66. The van der Waals surface area contributed by atoms with Gasteiger partial charge in [-0.1, -0.05) is 26.8 Å². The first-order chi connectivity index (χ1) is 8.62. The van der Waals surface area contributed by atoms with Crippen molar-refractivity contribution in [3.63, 3.8) is 0 Å². The fourth-order valence-corrected chi connectivity index (χ4v) is 2.57. The maximum Gasteiger partial charge on any atom is 0.192 e. The van der Waals surface area contributed by atoms with Gasteiger partial charge < -0.3 is 9.74 Å². The van der Waals surface area contributed by atoms with Crippen LogP contribution in [0.4, 0.5) is 5.82 Å². The molecule has 1 aromatic rings. The van der Waals surface area contributed by atoms with Crippen LogP contribution in [0.3, 0.4) is 0 Å². The third-order valence-electron chi connectivity index (χ3n) is 3.78. The van der Waals surface area contributed by atoms with Gasteiger partial charge in [0.15, 0.2) is 8.32 Å². The second-order valence-electron chi connectivity index (χ2n) is 6.78. The van der Waals surface area contributed by atoms with Gasteiger partial charge in [-0.05, 0) is 44.1 Å². The zero-order valence-electron chi connectivity index (χ0n) is 13.4. The molecule has 0 saturated heterocycles. The fourth-order valence-electron chi connectivity index (χ4n) is 1.47. The fraction of sp³-hybridized carbons (Fsp3) is 0.667. The van der Waals surface area contributed by atoms with E-state index in [2.05, 4.69) is 51.1 Å². The summed E-state index contributed by atoms with van der Waals surface area (Å²) in [5.74, 6) is 0.923. The van der Waals surface area contributed by atoms with Crippen LogP contribution < -0.4 is 5.32 Å². The van der Waals surface area contributed by atoms with Gasteiger partial charge in [0.2, 0.25) is 0 Å². The number of hydrogen-bond acceptors (Lipinski definition) is 3. The molecule has 0 aliphatic rings. The highest BCUT2D eigenvalue weighted by atomic mass is 28.4. The third-order valence-corrected chi connectivity index (χ3v) is 8.28. The first kappa shape index (κ1) is 16.2. The van der Waals surface area contributed by atoms with E-state index >= 15 is 0 Å². The standard InChI is InChI=1S/C15H28N2OSi/c1-12-9-8-10-14(16-12)17-13(2)11-18-19(6,7)15(3,4)5/h8-10,13H,11H2,1-7H3,(H,16,17)/t13-/m0/s1. The van der Waals surface area contributed by atoms with E-state index in [1.54, 1.807) is 0 Å². The van der Waals surface area contributed by atoms with Crippen LogP contribution in [0.25, 0.3) is 0 Å². The van der Waals surface area contributed by atoms with E-state index in [0.717, 1.165) is 18.1 Å². The molecule has 1 N–H and O–H groups in total. The van der Waals surface area contributed by atoms with Gasteiger partial charge in [-0.3, -0.25) is 0 Å². The number of nitrogens with zero attached hydrogens (tertiary/aromatic N) is 1. The van der Waals surface area contributed by atoms with Crippen LogP contribution in [0.15, 0.2) is 18.2 Å². The summed E-state index contributed by atoms with van der Waals surface area (Å²) in [6, 6.07) is 6.28. The summed E-state index contributed by atoms with van der Waals surface area (Å²) in [6.07, 6.45) is 0. The lowest BCUT2D eigenvalue weighted by molar-refractivity contribution is 0.276. The molecule has 0 saturated carbocycles. The van der Waals surface area contributed by atoms with Crippen molar-refractivity contribution in [1.82, 2.24) is 4.98 Å². The number of rotatable bonds is 5. The quantitative estimate of drug-likeness (QED) is 0.820. The Hall–Kier alpha value is -0.873. The second-order valence-corrected chi connectivity index (χ2v) is 11.6. The Morgan fingerprint density at radius 2 is 1.95 bits per heavy atom. The number of nitrogens with one attached hydrogen (secondary N) is 1. The van der Waals surface area contributed by atoms with Crippen molar-refractivity contribution in [2.24, 2.45) is 0 Å². The van der Waals surface area contributed by atoms with Crippen LogP contribution in [0.5, 0.6) is 0 Å². The predicted octanol–water partition coefficient (Wildman–Crippen LogP) is 4.21. The number of pyridine rings is 1. The highest BCUT2D eigenvalue weighted by molar-refractivity contribution is 6.74. The minimum Gasteiger partial charge on any atom is -0.415 e. The second kappa shape index (κ2) is 6.05. The van der Waals surface area contributed by atoms with Crippen LogP contribution in [0, 0.1) is 6.92 Å². The number of hydrogen-bond donors (Lipinski definition) is 1. The molecule has 0 fully saturated rings. The molecule has 0 unspecified atom stereocenters. The van der Waals surface area contributed by atoms with Gasteiger partial charge in [-0.15, -0.1) is 0 Å².